The monoisotopic (exact) mass is 530 g/mol. The molecular formula is C22H35IN4O3. The third-order valence-corrected chi connectivity index (χ3v) is 4.78. The lowest BCUT2D eigenvalue weighted by atomic mass is 10.2. The van der Waals surface area contributed by atoms with Gasteiger partial charge in [0.25, 0.3) is 5.91 Å². The smallest absolute Gasteiger partial charge is 0.258 e. The lowest BCUT2D eigenvalue weighted by Gasteiger charge is -2.12. The zero-order valence-electron chi connectivity index (χ0n) is 17.8. The van der Waals surface area contributed by atoms with Gasteiger partial charge in [0, 0.05) is 32.3 Å². The molecule has 1 aromatic rings. The quantitative estimate of drug-likeness (QED) is 0.158. The van der Waals surface area contributed by atoms with Crippen LogP contribution in [-0.4, -0.2) is 50.8 Å². The van der Waals surface area contributed by atoms with E-state index < -0.39 is 0 Å². The molecule has 3 N–H and O–H groups in total. The van der Waals surface area contributed by atoms with Crippen molar-refractivity contribution < 1.29 is 14.3 Å². The minimum absolute atomic E-state index is 0. The second-order valence-electron chi connectivity index (χ2n) is 7.77. The summed E-state index contributed by atoms with van der Waals surface area (Å²) in [5, 5.41) is 9.54. The summed E-state index contributed by atoms with van der Waals surface area (Å²) in [5.41, 5.74) is 1.04. The average Bonchev–Trinajstić information content (AvgIpc) is 3.63. The number of nitrogens with zero attached hydrogens (tertiary/aromatic N) is 1. The lowest BCUT2D eigenvalue weighted by Crippen LogP contribution is -2.38. The van der Waals surface area contributed by atoms with E-state index in [-0.39, 0.29) is 36.5 Å². The van der Waals surface area contributed by atoms with Crippen molar-refractivity contribution in [3.8, 4) is 5.75 Å². The second kappa shape index (κ2) is 13.7. The SMILES string of the molecule is CCNC(=NCc1cccc(OCC(=O)NC2CC2)c1)NCCCOCC1CC1.I. The van der Waals surface area contributed by atoms with Crippen LogP contribution in [0, 0.1) is 5.92 Å². The molecule has 0 unspecified atom stereocenters. The molecule has 0 bridgehead atoms. The minimum Gasteiger partial charge on any atom is -0.484 e. The van der Waals surface area contributed by atoms with Gasteiger partial charge < -0.3 is 25.4 Å². The number of carbonyl (C=O) groups is 1. The van der Waals surface area contributed by atoms with Gasteiger partial charge >= 0.3 is 0 Å². The normalized spacial score (nSPS) is 15.8. The number of hydrogen-bond acceptors (Lipinski definition) is 4. The van der Waals surface area contributed by atoms with Crippen LogP contribution >= 0.6 is 24.0 Å². The van der Waals surface area contributed by atoms with E-state index in [0.29, 0.717) is 18.3 Å². The Balaban J connectivity index is 0.00000320. The number of hydrogen-bond donors (Lipinski definition) is 3. The van der Waals surface area contributed by atoms with Gasteiger partial charge in [-0.1, -0.05) is 12.1 Å². The summed E-state index contributed by atoms with van der Waals surface area (Å²) in [6, 6.07) is 8.09. The Morgan fingerprint density at radius 2 is 2.03 bits per heavy atom. The summed E-state index contributed by atoms with van der Waals surface area (Å²) >= 11 is 0. The summed E-state index contributed by atoms with van der Waals surface area (Å²) in [5.74, 6) is 2.24. The summed E-state index contributed by atoms with van der Waals surface area (Å²) < 4.78 is 11.3. The van der Waals surface area contributed by atoms with Crippen LogP contribution in [0.3, 0.4) is 0 Å². The molecule has 1 aromatic carbocycles. The Labute approximate surface area is 196 Å². The number of guanidine groups is 1. The van der Waals surface area contributed by atoms with E-state index in [4.69, 9.17) is 9.47 Å². The van der Waals surface area contributed by atoms with Gasteiger partial charge in [-0.3, -0.25) is 4.79 Å². The van der Waals surface area contributed by atoms with E-state index in [2.05, 4.69) is 27.9 Å². The topological polar surface area (TPSA) is 84.0 Å². The largest absolute Gasteiger partial charge is 0.484 e. The number of halogens is 1. The fraction of sp³-hybridized carbons (Fsp3) is 0.636. The zero-order valence-corrected chi connectivity index (χ0v) is 20.2. The molecule has 0 radical (unpaired) electrons. The summed E-state index contributed by atoms with van der Waals surface area (Å²) in [7, 11) is 0. The van der Waals surface area contributed by atoms with Crippen LogP contribution in [0.25, 0.3) is 0 Å². The number of benzene rings is 1. The highest BCUT2D eigenvalue weighted by atomic mass is 127. The van der Waals surface area contributed by atoms with Gasteiger partial charge in [0.15, 0.2) is 12.6 Å². The standard InChI is InChI=1S/C22H34N4O3.HI/c1-2-23-22(24-11-4-12-28-15-17-7-8-17)25-14-18-5-3-6-20(13-18)29-16-21(27)26-19-9-10-19;/h3,5-6,13,17,19H,2,4,7-12,14-16H2,1H3,(H,26,27)(H2,23,24,25);1H. The van der Waals surface area contributed by atoms with Crippen molar-refractivity contribution in [1.29, 1.82) is 0 Å². The van der Waals surface area contributed by atoms with E-state index in [1.54, 1.807) is 0 Å². The van der Waals surface area contributed by atoms with Gasteiger partial charge in [-0.2, -0.15) is 0 Å². The molecule has 0 heterocycles. The number of amides is 1. The van der Waals surface area contributed by atoms with Gasteiger partial charge in [0.05, 0.1) is 6.54 Å². The molecular weight excluding hydrogens is 495 g/mol. The maximum absolute atomic E-state index is 11.8. The molecule has 1 amide bonds. The first-order valence-electron chi connectivity index (χ1n) is 10.8. The van der Waals surface area contributed by atoms with Gasteiger partial charge in [0.1, 0.15) is 5.75 Å². The fourth-order valence-electron chi connectivity index (χ4n) is 2.81. The van der Waals surface area contributed by atoms with Crippen LogP contribution in [-0.2, 0) is 16.1 Å². The van der Waals surface area contributed by atoms with Crippen molar-refractivity contribution in [2.45, 2.75) is 51.6 Å². The van der Waals surface area contributed by atoms with E-state index in [1.807, 2.05) is 24.3 Å². The van der Waals surface area contributed by atoms with Crippen LogP contribution in [0.5, 0.6) is 5.75 Å². The molecule has 0 aliphatic heterocycles. The first-order chi connectivity index (χ1) is 14.2. The Kier molecular flexibility index (Phi) is 11.3. The van der Waals surface area contributed by atoms with E-state index >= 15 is 0 Å². The molecule has 2 fully saturated rings. The molecule has 3 rings (SSSR count). The van der Waals surface area contributed by atoms with Crippen molar-refractivity contribution in [3.05, 3.63) is 29.8 Å². The van der Waals surface area contributed by atoms with Gasteiger partial charge in [0.2, 0.25) is 0 Å². The molecule has 7 nitrogen and oxygen atoms in total. The van der Waals surface area contributed by atoms with Crippen molar-refractivity contribution in [1.82, 2.24) is 16.0 Å². The number of ether oxygens (including phenoxy) is 2. The third kappa shape index (κ3) is 10.5. The Bertz CT molecular complexity index is 678. The van der Waals surface area contributed by atoms with Gasteiger partial charge in [-0.05, 0) is 62.6 Å². The van der Waals surface area contributed by atoms with E-state index in [1.165, 1.54) is 12.8 Å². The highest BCUT2D eigenvalue weighted by Crippen LogP contribution is 2.28. The number of rotatable bonds is 13. The van der Waals surface area contributed by atoms with Crippen LogP contribution in [0.4, 0.5) is 0 Å². The highest BCUT2D eigenvalue weighted by Gasteiger charge is 2.23. The van der Waals surface area contributed by atoms with Crippen molar-refractivity contribution in [3.63, 3.8) is 0 Å². The molecule has 0 spiro atoms. The third-order valence-electron chi connectivity index (χ3n) is 4.78. The number of nitrogens with one attached hydrogen (secondary N) is 3. The van der Waals surface area contributed by atoms with Gasteiger partial charge in [-0.25, -0.2) is 4.99 Å². The molecule has 2 aliphatic rings. The fourth-order valence-corrected chi connectivity index (χ4v) is 2.81. The highest BCUT2D eigenvalue weighted by molar-refractivity contribution is 14.0. The van der Waals surface area contributed by atoms with Gasteiger partial charge in [-0.15, -0.1) is 24.0 Å². The maximum Gasteiger partial charge on any atom is 0.258 e. The van der Waals surface area contributed by atoms with E-state index in [0.717, 1.165) is 63.0 Å². The number of aliphatic imine (C=N–C) groups is 1. The molecule has 0 atom stereocenters. The molecule has 30 heavy (non-hydrogen) atoms. The van der Waals surface area contributed by atoms with Crippen LogP contribution < -0.4 is 20.7 Å². The minimum atomic E-state index is -0.0596. The molecule has 0 aromatic heterocycles. The Morgan fingerprint density at radius 1 is 1.20 bits per heavy atom. The molecule has 168 valence electrons. The molecule has 2 aliphatic carbocycles. The van der Waals surface area contributed by atoms with Crippen LogP contribution in [0.2, 0.25) is 0 Å². The van der Waals surface area contributed by atoms with Crippen molar-refractivity contribution >= 4 is 35.8 Å². The molecule has 8 heteroatoms. The molecule has 2 saturated carbocycles. The van der Waals surface area contributed by atoms with Crippen molar-refractivity contribution in [2.24, 2.45) is 10.9 Å². The summed E-state index contributed by atoms with van der Waals surface area (Å²) in [6.07, 6.45) is 5.78. The Morgan fingerprint density at radius 3 is 2.77 bits per heavy atom. The zero-order chi connectivity index (χ0) is 20.3. The first-order valence-corrected chi connectivity index (χ1v) is 10.8. The van der Waals surface area contributed by atoms with E-state index in [9.17, 15) is 4.79 Å². The average molecular weight is 530 g/mol. The lowest BCUT2D eigenvalue weighted by molar-refractivity contribution is -0.123. The predicted molar refractivity (Wildman–Crippen MR) is 129 cm³/mol. The number of carbonyl (C=O) groups excluding carboxylic acids is 1. The molecule has 0 saturated heterocycles. The maximum atomic E-state index is 11.8. The van der Waals surface area contributed by atoms with Crippen LogP contribution in [0.15, 0.2) is 29.3 Å². The summed E-state index contributed by atoms with van der Waals surface area (Å²) in [6.45, 7) is 5.98. The Hall–Kier alpha value is -1.55. The summed E-state index contributed by atoms with van der Waals surface area (Å²) in [4.78, 5) is 16.4. The first kappa shape index (κ1) is 24.7. The van der Waals surface area contributed by atoms with Crippen LogP contribution in [0.1, 0.15) is 44.6 Å². The second-order valence-corrected chi connectivity index (χ2v) is 7.77. The van der Waals surface area contributed by atoms with Crippen molar-refractivity contribution in [2.75, 3.05) is 32.9 Å². The predicted octanol–water partition coefficient (Wildman–Crippen LogP) is 2.83.